The Hall–Kier alpha value is -3.79. The molecule has 1 heterocycles. The van der Waals surface area contributed by atoms with Crippen LogP contribution in [0, 0.1) is 0 Å². The molecule has 1 aliphatic heterocycles. The van der Waals surface area contributed by atoms with Gasteiger partial charge in [-0.15, -0.1) is 0 Å². The number of aromatic hydroxyl groups is 1. The van der Waals surface area contributed by atoms with Crippen molar-refractivity contribution in [2.45, 2.75) is 94.8 Å². The number of aliphatic hydroxyl groups is 2. The summed E-state index contributed by atoms with van der Waals surface area (Å²) in [7, 11) is 0. The highest BCUT2D eigenvalue weighted by Crippen LogP contribution is 2.20. The highest BCUT2D eigenvalue weighted by molar-refractivity contribution is 5.96. The number of carboxylic acids is 1. The van der Waals surface area contributed by atoms with Gasteiger partial charge in [-0.1, -0.05) is 12.1 Å². The molecule has 0 aliphatic carbocycles. The largest absolute Gasteiger partial charge is 0.508 e. The van der Waals surface area contributed by atoms with E-state index in [0.717, 1.165) is 0 Å². The third kappa shape index (κ3) is 10.5. The highest BCUT2D eigenvalue weighted by Gasteiger charge is 2.41. The molecule has 1 aromatic rings. The van der Waals surface area contributed by atoms with Crippen LogP contribution in [-0.4, -0.2) is 110 Å². The molecule has 1 aliphatic rings. The Morgan fingerprint density at radius 1 is 0.953 bits per heavy atom. The summed E-state index contributed by atoms with van der Waals surface area (Å²) >= 11 is 0. The summed E-state index contributed by atoms with van der Waals surface area (Å²) in [6, 6.07) is -0.156. The average molecular weight is 609 g/mol. The molecule has 1 fully saturated rings. The molecule has 0 radical (unpaired) electrons. The molecule has 240 valence electrons. The summed E-state index contributed by atoms with van der Waals surface area (Å²) in [5.41, 5.74) is 12.2. The quantitative estimate of drug-likeness (QED) is 0.0900. The van der Waals surface area contributed by atoms with E-state index in [1.807, 2.05) is 0 Å². The molecule has 2 rings (SSSR count). The first-order chi connectivity index (χ1) is 20.3. The number of hydrogen-bond donors (Lipinski definition) is 9. The maximum absolute atomic E-state index is 13.5. The molecule has 1 aromatic carbocycles. The Morgan fingerprint density at radius 2 is 1.56 bits per heavy atom. The number of amides is 4. The molecule has 7 atom stereocenters. The molecule has 15 heteroatoms. The number of carbonyl (C=O) groups is 5. The minimum Gasteiger partial charge on any atom is -0.508 e. The third-order valence-corrected chi connectivity index (χ3v) is 7.24. The van der Waals surface area contributed by atoms with E-state index in [2.05, 4.69) is 16.0 Å². The Balaban J connectivity index is 2.13. The van der Waals surface area contributed by atoms with Gasteiger partial charge in [0.05, 0.1) is 18.2 Å². The van der Waals surface area contributed by atoms with Crippen molar-refractivity contribution in [3.8, 4) is 5.75 Å². The number of aliphatic hydroxyl groups excluding tert-OH is 2. The second kappa shape index (κ2) is 16.7. The van der Waals surface area contributed by atoms with Gasteiger partial charge in [0, 0.05) is 6.54 Å². The van der Waals surface area contributed by atoms with Crippen molar-refractivity contribution in [2.75, 3.05) is 13.1 Å². The van der Waals surface area contributed by atoms with Gasteiger partial charge in [0.2, 0.25) is 23.6 Å². The standard InChI is InChI=1S/C28H44N6O9/c1-15(35)22(32-24(38)19(30)14-17-8-10-18(37)11-9-17)27(41)34-13-5-7-21(34)26(40)31-20(6-3-4-12-29)25(39)33-23(16(2)36)28(42)43/h8-11,15-16,19-23,35-37H,3-7,12-14,29-30H2,1-2H3,(H,31,40)(H,32,38)(H,33,39)(H,42,43)/t15-,16-,19+,20+,21+,22+,23+/m1/s1. The second-order valence-corrected chi connectivity index (χ2v) is 10.8. The molecule has 0 unspecified atom stereocenters. The van der Waals surface area contributed by atoms with Crippen molar-refractivity contribution in [1.29, 1.82) is 0 Å². The monoisotopic (exact) mass is 608 g/mol. The zero-order valence-electron chi connectivity index (χ0n) is 24.4. The Bertz CT molecular complexity index is 1110. The second-order valence-electron chi connectivity index (χ2n) is 10.8. The molecular formula is C28H44N6O9. The van der Waals surface area contributed by atoms with E-state index in [0.29, 0.717) is 31.4 Å². The fourth-order valence-electron chi connectivity index (χ4n) is 4.78. The summed E-state index contributed by atoms with van der Waals surface area (Å²) in [5, 5.41) is 46.2. The van der Waals surface area contributed by atoms with Crippen LogP contribution in [0.1, 0.15) is 51.5 Å². The van der Waals surface area contributed by atoms with Crippen molar-refractivity contribution < 1.29 is 44.4 Å². The van der Waals surface area contributed by atoms with Crippen LogP contribution in [0.25, 0.3) is 0 Å². The van der Waals surface area contributed by atoms with E-state index in [1.165, 1.54) is 30.9 Å². The van der Waals surface area contributed by atoms with Crippen LogP contribution >= 0.6 is 0 Å². The van der Waals surface area contributed by atoms with E-state index in [4.69, 9.17) is 11.5 Å². The number of carboxylic acid groups (broad SMARTS) is 1. The number of carbonyl (C=O) groups excluding carboxylic acids is 4. The van der Waals surface area contributed by atoms with Gasteiger partial charge < -0.3 is 52.7 Å². The maximum Gasteiger partial charge on any atom is 0.328 e. The van der Waals surface area contributed by atoms with Gasteiger partial charge in [0.25, 0.3) is 0 Å². The molecule has 0 spiro atoms. The van der Waals surface area contributed by atoms with E-state index in [-0.39, 0.29) is 31.6 Å². The van der Waals surface area contributed by atoms with Crippen LogP contribution in [0.3, 0.4) is 0 Å². The Labute approximate surface area is 250 Å². The van der Waals surface area contributed by atoms with Crippen LogP contribution < -0.4 is 27.4 Å². The SMILES string of the molecule is C[C@@H](O)[C@H](NC(=O)[C@H](CCCCN)NC(=O)[C@@H]1CCCN1C(=O)[C@@H](NC(=O)[C@@H](N)Cc1ccc(O)cc1)[C@@H](C)O)C(=O)O. The minimum atomic E-state index is -1.60. The van der Waals surface area contributed by atoms with Gasteiger partial charge in [0.15, 0.2) is 6.04 Å². The first kappa shape index (κ1) is 35.4. The number of rotatable bonds is 16. The fraction of sp³-hybridized carbons (Fsp3) is 0.607. The van der Waals surface area contributed by atoms with Crippen molar-refractivity contribution in [3.63, 3.8) is 0 Å². The zero-order chi connectivity index (χ0) is 32.3. The lowest BCUT2D eigenvalue weighted by atomic mass is 10.0. The molecule has 43 heavy (non-hydrogen) atoms. The fourth-order valence-corrected chi connectivity index (χ4v) is 4.78. The molecule has 15 nitrogen and oxygen atoms in total. The van der Waals surface area contributed by atoms with E-state index in [1.54, 1.807) is 12.1 Å². The van der Waals surface area contributed by atoms with Crippen LogP contribution in [0.4, 0.5) is 0 Å². The summed E-state index contributed by atoms with van der Waals surface area (Å²) in [6.45, 7) is 3.02. The third-order valence-electron chi connectivity index (χ3n) is 7.24. The van der Waals surface area contributed by atoms with E-state index >= 15 is 0 Å². The topological polar surface area (TPSA) is 258 Å². The first-order valence-corrected chi connectivity index (χ1v) is 14.3. The predicted octanol–water partition coefficient (Wildman–Crippen LogP) is -2.32. The molecule has 0 saturated carbocycles. The van der Waals surface area contributed by atoms with Crippen LogP contribution in [-0.2, 0) is 30.4 Å². The Kier molecular flexibility index (Phi) is 13.8. The number of phenols is 1. The first-order valence-electron chi connectivity index (χ1n) is 14.3. The molecule has 11 N–H and O–H groups in total. The number of hydrogen-bond acceptors (Lipinski definition) is 10. The predicted molar refractivity (Wildman–Crippen MR) is 154 cm³/mol. The molecule has 4 amide bonds. The number of benzene rings is 1. The van der Waals surface area contributed by atoms with Crippen molar-refractivity contribution >= 4 is 29.6 Å². The molecule has 0 aromatic heterocycles. The van der Waals surface area contributed by atoms with Gasteiger partial charge in [-0.2, -0.15) is 0 Å². The number of unbranched alkanes of at least 4 members (excludes halogenated alkanes) is 1. The van der Waals surface area contributed by atoms with E-state index in [9.17, 15) is 44.4 Å². The van der Waals surface area contributed by atoms with Crippen LogP contribution in [0.15, 0.2) is 24.3 Å². The zero-order valence-corrected chi connectivity index (χ0v) is 24.4. The Morgan fingerprint density at radius 3 is 2.12 bits per heavy atom. The van der Waals surface area contributed by atoms with Crippen molar-refractivity contribution in [3.05, 3.63) is 29.8 Å². The number of phenolic OH excluding ortho intramolecular Hbond substituents is 1. The van der Waals surface area contributed by atoms with Gasteiger partial charge in [-0.05, 0) is 76.6 Å². The van der Waals surface area contributed by atoms with Gasteiger partial charge in [0.1, 0.15) is 23.9 Å². The number of aliphatic carboxylic acids is 1. The van der Waals surface area contributed by atoms with Gasteiger partial charge in [-0.3, -0.25) is 19.2 Å². The number of nitrogens with one attached hydrogen (secondary N) is 3. The molecular weight excluding hydrogens is 564 g/mol. The van der Waals surface area contributed by atoms with Crippen LogP contribution in [0.2, 0.25) is 0 Å². The van der Waals surface area contributed by atoms with Gasteiger partial charge >= 0.3 is 5.97 Å². The minimum absolute atomic E-state index is 0.0532. The maximum atomic E-state index is 13.5. The van der Waals surface area contributed by atoms with Crippen molar-refractivity contribution in [1.82, 2.24) is 20.9 Å². The number of nitrogens with zero attached hydrogens (tertiary/aromatic N) is 1. The lowest BCUT2D eigenvalue weighted by Gasteiger charge is -2.31. The van der Waals surface area contributed by atoms with Gasteiger partial charge in [-0.25, -0.2) is 4.79 Å². The summed E-state index contributed by atoms with van der Waals surface area (Å²) in [4.78, 5) is 65.3. The molecule has 1 saturated heterocycles. The summed E-state index contributed by atoms with van der Waals surface area (Å²) in [6.07, 6.45) is -0.818. The lowest BCUT2D eigenvalue weighted by molar-refractivity contribution is -0.146. The summed E-state index contributed by atoms with van der Waals surface area (Å²) < 4.78 is 0. The normalized spacial score (nSPS) is 18.9. The smallest absolute Gasteiger partial charge is 0.328 e. The highest BCUT2D eigenvalue weighted by atomic mass is 16.4. The van der Waals surface area contributed by atoms with Crippen molar-refractivity contribution in [2.24, 2.45) is 11.5 Å². The number of likely N-dealkylation sites (tertiary alicyclic amines) is 1. The average Bonchev–Trinajstić information content (AvgIpc) is 3.44. The van der Waals surface area contributed by atoms with E-state index < -0.39 is 72.0 Å². The molecule has 0 bridgehead atoms. The van der Waals surface area contributed by atoms with Crippen LogP contribution in [0.5, 0.6) is 5.75 Å². The lowest BCUT2D eigenvalue weighted by Crippen LogP contribution is -2.60. The number of nitrogens with two attached hydrogens (primary N) is 2. The summed E-state index contributed by atoms with van der Waals surface area (Å²) in [5.74, 6) is -4.28.